The molecule has 0 spiro atoms. The third kappa shape index (κ3) is 4.94. The van der Waals surface area contributed by atoms with Crippen molar-refractivity contribution in [2.75, 3.05) is 24.6 Å². The van der Waals surface area contributed by atoms with Gasteiger partial charge in [0.15, 0.2) is 0 Å². The highest BCUT2D eigenvalue weighted by molar-refractivity contribution is 8.14. The zero-order valence-corrected chi connectivity index (χ0v) is 13.4. The third-order valence-corrected chi connectivity index (χ3v) is 4.80. The Labute approximate surface area is 135 Å². The summed E-state index contributed by atoms with van der Waals surface area (Å²) in [6.07, 6.45) is 0. The molecule has 1 aromatic carbocycles. The summed E-state index contributed by atoms with van der Waals surface area (Å²) in [6.45, 7) is 0.500. The zero-order valence-electron chi connectivity index (χ0n) is 11.0. The highest BCUT2D eigenvalue weighted by Gasteiger charge is 2.29. The van der Waals surface area contributed by atoms with Gasteiger partial charge in [0.1, 0.15) is 0 Å². The van der Waals surface area contributed by atoms with Crippen LogP contribution < -0.4 is 5.32 Å². The van der Waals surface area contributed by atoms with Crippen LogP contribution in [0.4, 0.5) is 4.79 Å². The molecule has 0 aliphatic carbocycles. The van der Waals surface area contributed by atoms with Crippen molar-refractivity contribution in [3.8, 4) is 0 Å². The van der Waals surface area contributed by atoms with Crippen LogP contribution in [0, 0.1) is 0 Å². The standard InChI is InChI=1S/C13H13ClN2O3S2/c14-9-1-3-10(4-2-9)20-7-11(17)15-5-6-16-12(18)8-21-13(16)19/h1-4H,5-8H2,(H,15,17). The summed E-state index contributed by atoms with van der Waals surface area (Å²) in [6, 6.07) is 7.23. The predicted molar refractivity (Wildman–Crippen MR) is 84.8 cm³/mol. The first-order valence-electron chi connectivity index (χ1n) is 6.18. The van der Waals surface area contributed by atoms with Gasteiger partial charge in [-0.1, -0.05) is 23.4 Å². The van der Waals surface area contributed by atoms with Gasteiger partial charge in [-0.2, -0.15) is 0 Å². The van der Waals surface area contributed by atoms with E-state index in [1.54, 1.807) is 12.1 Å². The number of imide groups is 1. The van der Waals surface area contributed by atoms with Gasteiger partial charge in [-0.3, -0.25) is 19.3 Å². The van der Waals surface area contributed by atoms with Crippen LogP contribution >= 0.6 is 35.1 Å². The van der Waals surface area contributed by atoms with Crippen molar-refractivity contribution < 1.29 is 14.4 Å². The quantitative estimate of drug-likeness (QED) is 0.802. The van der Waals surface area contributed by atoms with Crippen molar-refractivity contribution in [2.24, 2.45) is 0 Å². The van der Waals surface area contributed by atoms with Crippen molar-refractivity contribution in [1.29, 1.82) is 0 Å². The smallest absolute Gasteiger partial charge is 0.288 e. The average Bonchev–Trinajstić information content (AvgIpc) is 2.78. The maximum atomic E-state index is 11.7. The topological polar surface area (TPSA) is 66.5 Å². The zero-order chi connectivity index (χ0) is 15.2. The molecule has 0 bridgehead atoms. The van der Waals surface area contributed by atoms with Gasteiger partial charge in [0.2, 0.25) is 11.8 Å². The van der Waals surface area contributed by atoms with Crippen molar-refractivity contribution in [3.63, 3.8) is 0 Å². The van der Waals surface area contributed by atoms with Crippen molar-refractivity contribution >= 4 is 52.2 Å². The van der Waals surface area contributed by atoms with E-state index in [1.165, 1.54) is 11.8 Å². The molecule has 1 fully saturated rings. The normalized spacial score (nSPS) is 14.6. The van der Waals surface area contributed by atoms with Crippen LogP contribution in [0.5, 0.6) is 0 Å². The Morgan fingerprint density at radius 3 is 2.67 bits per heavy atom. The van der Waals surface area contributed by atoms with Crippen molar-refractivity contribution in [3.05, 3.63) is 29.3 Å². The molecule has 8 heteroatoms. The van der Waals surface area contributed by atoms with E-state index in [1.807, 2.05) is 12.1 Å². The fourth-order valence-electron chi connectivity index (χ4n) is 1.63. The van der Waals surface area contributed by atoms with E-state index in [-0.39, 0.29) is 41.6 Å². The van der Waals surface area contributed by atoms with Crippen molar-refractivity contribution in [2.45, 2.75) is 4.90 Å². The van der Waals surface area contributed by atoms with Crippen LogP contribution in [0.1, 0.15) is 0 Å². The molecule has 0 atom stereocenters. The van der Waals surface area contributed by atoms with Crippen LogP contribution in [0.15, 0.2) is 29.2 Å². The lowest BCUT2D eigenvalue weighted by Gasteiger charge is -2.13. The monoisotopic (exact) mass is 344 g/mol. The molecule has 1 heterocycles. The molecule has 112 valence electrons. The van der Waals surface area contributed by atoms with Crippen LogP contribution in [0.2, 0.25) is 5.02 Å². The van der Waals surface area contributed by atoms with E-state index in [2.05, 4.69) is 5.32 Å². The molecule has 0 aromatic heterocycles. The molecule has 3 amide bonds. The number of hydrogen-bond donors (Lipinski definition) is 1. The molecular weight excluding hydrogens is 332 g/mol. The fraction of sp³-hybridized carbons (Fsp3) is 0.308. The van der Waals surface area contributed by atoms with Crippen LogP contribution in [-0.2, 0) is 9.59 Å². The summed E-state index contributed by atoms with van der Waals surface area (Å²) in [5, 5.41) is 3.10. The maximum Gasteiger partial charge on any atom is 0.288 e. The lowest BCUT2D eigenvalue weighted by atomic mass is 10.4. The second-order valence-electron chi connectivity index (χ2n) is 4.19. The molecule has 1 N–H and O–H groups in total. The first-order chi connectivity index (χ1) is 10.1. The number of hydrogen-bond acceptors (Lipinski definition) is 5. The number of carbonyl (C=O) groups is 3. The minimum Gasteiger partial charge on any atom is -0.354 e. The van der Waals surface area contributed by atoms with E-state index in [0.29, 0.717) is 5.02 Å². The van der Waals surface area contributed by atoms with Gasteiger partial charge in [0.25, 0.3) is 5.24 Å². The van der Waals surface area contributed by atoms with E-state index in [0.717, 1.165) is 21.6 Å². The second kappa shape index (κ2) is 7.72. The Bertz CT molecular complexity index is 535. The molecule has 1 aromatic rings. The highest BCUT2D eigenvalue weighted by atomic mass is 35.5. The van der Waals surface area contributed by atoms with Crippen LogP contribution in [0.25, 0.3) is 0 Å². The summed E-state index contributed by atoms with van der Waals surface area (Å²) in [5.74, 6) is 0.133. The summed E-state index contributed by atoms with van der Waals surface area (Å²) in [5.41, 5.74) is 0. The largest absolute Gasteiger partial charge is 0.354 e. The van der Waals surface area contributed by atoms with Gasteiger partial charge < -0.3 is 5.32 Å². The molecule has 0 saturated carbocycles. The van der Waals surface area contributed by atoms with E-state index in [4.69, 9.17) is 11.6 Å². The number of rotatable bonds is 6. The molecule has 1 aliphatic heterocycles. The Kier molecular flexibility index (Phi) is 5.96. The highest BCUT2D eigenvalue weighted by Crippen LogP contribution is 2.20. The van der Waals surface area contributed by atoms with Gasteiger partial charge in [-0.05, 0) is 24.3 Å². The number of carbonyl (C=O) groups excluding carboxylic acids is 3. The Hall–Kier alpha value is -1.18. The van der Waals surface area contributed by atoms with Gasteiger partial charge in [-0.25, -0.2) is 0 Å². The molecule has 0 radical (unpaired) electrons. The maximum absolute atomic E-state index is 11.7. The molecular formula is C13H13ClN2O3S2. The first kappa shape index (κ1) is 16.2. The molecule has 5 nitrogen and oxygen atoms in total. The summed E-state index contributed by atoms with van der Waals surface area (Å²) in [4.78, 5) is 36.5. The molecule has 2 rings (SSSR count). The SMILES string of the molecule is O=C(CSc1ccc(Cl)cc1)NCCN1C(=O)CSC1=O. The minimum absolute atomic E-state index is 0.137. The molecule has 21 heavy (non-hydrogen) atoms. The van der Waals surface area contributed by atoms with E-state index in [9.17, 15) is 14.4 Å². The van der Waals surface area contributed by atoms with Gasteiger partial charge >= 0.3 is 0 Å². The van der Waals surface area contributed by atoms with Gasteiger partial charge in [-0.15, -0.1) is 11.8 Å². The van der Waals surface area contributed by atoms with E-state index >= 15 is 0 Å². The lowest BCUT2D eigenvalue weighted by molar-refractivity contribution is -0.125. The minimum atomic E-state index is -0.246. The van der Waals surface area contributed by atoms with Crippen LogP contribution in [-0.4, -0.2) is 46.5 Å². The van der Waals surface area contributed by atoms with E-state index < -0.39 is 0 Å². The Balaban J connectivity index is 1.67. The lowest BCUT2D eigenvalue weighted by Crippen LogP contribution is -2.38. The number of thioether (sulfide) groups is 2. The fourth-order valence-corrected chi connectivity index (χ4v) is 3.24. The number of nitrogens with one attached hydrogen (secondary N) is 1. The Morgan fingerprint density at radius 2 is 2.05 bits per heavy atom. The molecule has 1 saturated heterocycles. The molecule has 1 aliphatic rings. The van der Waals surface area contributed by atoms with Crippen LogP contribution in [0.3, 0.4) is 0 Å². The number of benzene rings is 1. The molecule has 0 unspecified atom stereocenters. The third-order valence-electron chi connectivity index (χ3n) is 2.68. The second-order valence-corrected chi connectivity index (χ2v) is 6.60. The Morgan fingerprint density at radius 1 is 1.33 bits per heavy atom. The number of amides is 3. The summed E-state index contributed by atoms with van der Waals surface area (Å²) >= 11 is 8.17. The summed E-state index contributed by atoms with van der Waals surface area (Å²) in [7, 11) is 0. The first-order valence-corrected chi connectivity index (χ1v) is 8.53. The predicted octanol–water partition coefficient (Wildman–Crippen LogP) is 2.24. The van der Waals surface area contributed by atoms with Gasteiger partial charge in [0.05, 0.1) is 11.5 Å². The van der Waals surface area contributed by atoms with Gasteiger partial charge in [0, 0.05) is 23.0 Å². The average molecular weight is 345 g/mol. The van der Waals surface area contributed by atoms with Crippen molar-refractivity contribution in [1.82, 2.24) is 10.2 Å². The number of nitrogens with zero attached hydrogens (tertiary/aromatic N) is 1. The summed E-state index contributed by atoms with van der Waals surface area (Å²) < 4.78 is 0. The number of halogens is 1.